The molecule has 2 aromatic rings. The van der Waals surface area contributed by atoms with Crippen molar-refractivity contribution in [2.75, 3.05) is 6.54 Å². The van der Waals surface area contributed by atoms with E-state index in [1.165, 1.54) is 0 Å². The summed E-state index contributed by atoms with van der Waals surface area (Å²) in [5.74, 6) is -0.898. The molecule has 4 nitrogen and oxygen atoms in total. The van der Waals surface area contributed by atoms with E-state index in [4.69, 9.17) is 5.11 Å². The van der Waals surface area contributed by atoms with E-state index >= 15 is 0 Å². The van der Waals surface area contributed by atoms with Gasteiger partial charge >= 0.3 is 5.97 Å². The Morgan fingerprint density at radius 3 is 2.59 bits per heavy atom. The van der Waals surface area contributed by atoms with E-state index < -0.39 is 5.97 Å². The van der Waals surface area contributed by atoms with Crippen LogP contribution in [0.2, 0.25) is 0 Å². The standard InChI is InChI=1S/C17H19NO3S/c1-2-18(12-14-7-5-11-22-14)16(19)10-9-13-6-3-4-8-15(13)17(20)21/h3-8,11H,2,9-10,12H2,1H3,(H,20,21). The Balaban J connectivity index is 1.98. The summed E-state index contributed by atoms with van der Waals surface area (Å²) in [4.78, 5) is 26.5. The van der Waals surface area contributed by atoms with E-state index in [0.29, 0.717) is 31.5 Å². The number of carbonyl (C=O) groups excluding carboxylic acids is 1. The van der Waals surface area contributed by atoms with Crippen molar-refractivity contribution in [2.45, 2.75) is 26.3 Å². The minimum absolute atomic E-state index is 0.0519. The van der Waals surface area contributed by atoms with Crippen molar-refractivity contribution in [2.24, 2.45) is 0 Å². The van der Waals surface area contributed by atoms with Crippen LogP contribution in [0, 0.1) is 0 Å². The Labute approximate surface area is 134 Å². The Bertz CT molecular complexity index is 637. The molecule has 0 radical (unpaired) electrons. The summed E-state index contributed by atoms with van der Waals surface area (Å²) < 4.78 is 0. The number of benzene rings is 1. The number of hydrogen-bond donors (Lipinski definition) is 1. The van der Waals surface area contributed by atoms with Crippen LogP contribution in [0.25, 0.3) is 0 Å². The van der Waals surface area contributed by atoms with E-state index in [0.717, 1.165) is 4.88 Å². The smallest absolute Gasteiger partial charge is 0.335 e. The normalized spacial score (nSPS) is 10.4. The van der Waals surface area contributed by atoms with Crippen molar-refractivity contribution < 1.29 is 14.7 Å². The molecule has 0 saturated carbocycles. The molecule has 0 aliphatic carbocycles. The summed E-state index contributed by atoms with van der Waals surface area (Å²) in [5, 5.41) is 11.2. The lowest BCUT2D eigenvalue weighted by Crippen LogP contribution is -2.30. The average Bonchev–Trinajstić information content (AvgIpc) is 3.03. The van der Waals surface area contributed by atoms with Crippen LogP contribution in [0.15, 0.2) is 41.8 Å². The number of carboxylic acids is 1. The number of aromatic carboxylic acids is 1. The van der Waals surface area contributed by atoms with Gasteiger partial charge in [0.2, 0.25) is 5.91 Å². The molecule has 2 rings (SSSR count). The van der Waals surface area contributed by atoms with Crippen LogP contribution in [0.1, 0.15) is 34.1 Å². The molecule has 1 heterocycles. The maximum Gasteiger partial charge on any atom is 0.335 e. The molecule has 0 aliphatic rings. The fourth-order valence-corrected chi connectivity index (χ4v) is 3.03. The summed E-state index contributed by atoms with van der Waals surface area (Å²) in [5.41, 5.74) is 0.979. The van der Waals surface area contributed by atoms with Gasteiger partial charge in [0.05, 0.1) is 12.1 Å². The minimum atomic E-state index is -0.950. The number of rotatable bonds is 7. The zero-order chi connectivity index (χ0) is 15.9. The highest BCUT2D eigenvalue weighted by Gasteiger charge is 2.15. The second-order valence-electron chi connectivity index (χ2n) is 4.95. The Kier molecular flexibility index (Phi) is 5.72. The summed E-state index contributed by atoms with van der Waals surface area (Å²) in [7, 11) is 0. The first-order valence-electron chi connectivity index (χ1n) is 7.23. The summed E-state index contributed by atoms with van der Waals surface area (Å²) in [6.07, 6.45) is 0.770. The number of thiophene rings is 1. The molecule has 0 atom stereocenters. The van der Waals surface area contributed by atoms with Gasteiger partial charge in [-0.2, -0.15) is 0 Å². The first-order valence-corrected chi connectivity index (χ1v) is 8.11. The predicted molar refractivity (Wildman–Crippen MR) is 87.1 cm³/mol. The number of aryl methyl sites for hydroxylation is 1. The number of carboxylic acid groups (broad SMARTS) is 1. The highest BCUT2D eigenvalue weighted by molar-refractivity contribution is 7.09. The van der Waals surface area contributed by atoms with E-state index in [-0.39, 0.29) is 11.5 Å². The monoisotopic (exact) mass is 317 g/mol. The van der Waals surface area contributed by atoms with Crippen LogP contribution >= 0.6 is 11.3 Å². The van der Waals surface area contributed by atoms with Gasteiger partial charge in [-0.15, -0.1) is 11.3 Å². The van der Waals surface area contributed by atoms with Gasteiger partial charge in [-0.3, -0.25) is 4.79 Å². The minimum Gasteiger partial charge on any atom is -0.478 e. The lowest BCUT2D eigenvalue weighted by Gasteiger charge is -2.20. The van der Waals surface area contributed by atoms with E-state index in [2.05, 4.69) is 0 Å². The Hall–Kier alpha value is -2.14. The Morgan fingerprint density at radius 1 is 1.18 bits per heavy atom. The van der Waals surface area contributed by atoms with Gasteiger partial charge in [0, 0.05) is 17.8 Å². The molecular weight excluding hydrogens is 298 g/mol. The van der Waals surface area contributed by atoms with Gasteiger partial charge in [-0.25, -0.2) is 4.79 Å². The lowest BCUT2D eigenvalue weighted by molar-refractivity contribution is -0.131. The van der Waals surface area contributed by atoms with Gasteiger partial charge in [0.1, 0.15) is 0 Å². The van der Waals surface area contributed by atoms with E-state index in [1.807, 2.05) is 24.4 Å². The molecule has 0 saturated heterocycles. The highest BCUT2D eigenvalue weighted by Crippen LogP contribution is 2.15. The third-order valence-corrected chi connectivity index (χ3v) is 4.38. The second kappa shape index (κ2) is 7.75. The summed E-state index contributed by atoms with van der Waals surface area (Å²) >= 11 is 1.63. The van der Waals surface area contributed by atoms with E-state index in [1.54, 1.807) is 40.5 Å². The average molecular weight is 317 g/mol. The SMILES string of the molecule is CCN(Cc1cccs1)C(=O)CCc1ccccc1C(=O)O. The molecular formula is C17H19NO3S. The van der Waals surface area contributed by atoms with Gasteiger partial charge in [0.25, 0.3) is 0 Å². The zero-order valence-corrected chi connectivity index (χ0v) is 13.3. The van der Waals surface area contributed by atoms with Gasteiger partial charge in [-0.1, -0.05) is 24.3 Å². The van der Waals surface area contributed by atoms with Gasteiger partial charge in [-0.05, 0) is 36.4 Å². The van der Waals surface area contributed by atoms with Crippen LogP contribution in [0.3, 0.4) is 0 Å². The Morgan fingerprint density at radius 2 is 1.95 bits per heavy atom. The first kappa shape index (κ1) is 16.2. The predicted octanol–water partition coefficient (Wildman–Crippen LogP) is 3.43. The van der Waals surface area contributed by atoms with Crippen molar-refractivity contribution in [1.29, 1.82) is 0 Å². The molecule has 116 valence electrons. The second-order valence-corrected chi connectivity index (χ2v) is 5.98. The van der Waals surface area contributed by atoms with Crippen LogP contribution in [0.4, 0.5) is 0 Å². The molecule has 0 bridgehead atoms. The topological polar surface area (TPSA) is 57.6 Å². The fraction of sp³-hybridized carbons (Fsp3) is 0.294. The third-order valence-electron chi connectivity index (χ3n) is 3.52. The molecule has 0 unspecified atom stereocenters. The molecule has 1 amide bonds. The van der Waals surface area contributed by atoms with Crippen LogP contribution in [-0.4, -0.2) is 28.4 Å². The maximum absolute atomic E-state index is 12.3. The molecule has 1 aromatic heterocycles. The number of hydrogen-bond acceptors (Lipinski definition) is 3. The van der Waals surface area contributed by atoms with Crippen LogP contribution in [-0.2, 0) is 17.8 Å². The van der Waals surface area contributed by atoms with Crippen molar-refractivity contribution >= 4 is 23.2 Å². The first-order chi connectivity index (χ1) is 10.6. The quantitative estimate of drug-likeness (QED) is 0.851. The van der Waals surface area contributed by atoms with Gasteiger partial charge < -0.3 is 10.0 Å². The lowest BCUT2D eigenvalue weighted by atomic mass is 10.0. The van der Waals surface area contributed by atoms with Crippen molar-refractivity contribution in [1.82, 2.24) is 4.90 Å². The van der Waals surface area contributed by atoms with E-state index in [9.17, 15) is 9.59 Å². The van der Waals surface area contributed by atoms with Crippen molar-refractivity contribution in [3.8, 4) is 0 Å². The van der Waals surface area contributed by atoms with Crippen molar-refractivity contribution in [3.05, 3.63) is 57.8 Å². The number of nitrogens with zero attached hydrogens (tertiary/aromatic N) is 1. The summed E-state index contributed by atoms with van der Waals surface area (Å²) in [6.45, 7) is 3.22. The van der Waals surface area contributed by atoms with Crippen LogP contribution < -0.4 is 0 Å². The zero-order valence-electron chi connectivity index (χ0n) is 12.5. The number of amides is 1. The largest absolute Gasteiger partial charge is 0.478 e. The molecule has 1 aromatic carbocycles. The molecule has 0 aliphatic heterocycles. The van der Waals surface area contributed by atoms with Crippen molar-refractivity contribution in [3.63, 3.8) is 0 Å². The third kappa shape index (κ3) is 4.18. The molecule has 22 heavy (non-hydrogen) atoms. The highest BCUT2D eigenvalue weighted by atomic mass is 32.1. The maximum atomic E-state index is 12.3. The molecule has 0 spiro atoms. The fourth-order valence-electron chi connectivity index (χ4n) is 2.31. The molecule has 0 fully saturated rings. The molecule has 5 heteroatoms. The molecule has 1 N–H and O–H groups in total. The number of carbonyl (C=O) groups is 2. The van der Waals surface area contributed by atoms with Crippen LogP contribution in [0.5, 0.6) is 0 Å². The van der Waals surface area contributed by atoms with Gasteiger partial charge in [0.15, 0.2) is 0 Å². The summed E-state index contributed by atoms with van der Waals surface area (Å²) in [6, 6.07) is 10.8.